The van der Waals surface area contributed by atoms with Crippen LogP contribution in [0.2, 0.25) is 0 Å². The van der Waals surface area contributed by atoms with Gasteiger partial charge in [0.2, 0.25) is 0 Å². The van der Waals surface area contributed by atoms with Crippen molar-refractivity contribution in [3.63, 3.8) is 0 Å². The number of pyridine rings is 1. The van der Waals surface area contributed by atoms with Crippen molar-refractivity contribution in [3.8, 4) is 5.75 Å². The summed E-state index contributed by atoms with van der Waals surface area (Å²) in [5.41, 5.74) is 1.46. The van der Waals surface area contributed by atoms with E-state index >= 15 is 0 Å². The Balaban J connectivity index is 1.46. The zero-order valence-electron chi connectivity index (χ0n) is 15.4. The van der Waals surface area contributed by atoms with E-state index in [2.05, 4.69) is 15.6 Å². The standard InChI is InChI=1S/C19H23N5O3/c1-14(27-17-4-3-9-20-13-17)12-21-18(25)22-15-5-7-16(8-6-15)24-11-10-23(2)19(24)26/h3-9,13-14H,10-12H2,1-2H3,(H2,21,22,25)/t14-/m1/s1. The highest BCUT2D eigenvalue weighted by molar-refractivity contribution is 5.94. The second-order valence-corrected chi connectivity index (χ2v) is 6.35. The maximum absolute atomic E-state index is 12.0. The van der Waals surface area contributed by atoms with Crippen molar-refractivity contribution in [3.05, 3.63) is 48.8 Å². The third-order valence-corrected chi connectivity index (χ3v) is 4.18. The molecule has 2 N–H and O–H groups in total. The molecular formula is C19H23N5O3. The monoisotopic (exact) mass is 369 g/mol. The molecule has 1 aromatic heterocycles. The van der Waals surface area contributed by atoms with Gasteiger partial charge in [-0.1, -0.05) is 0 Å². The highest BCUT2D eigenvalue weighted by atomic mass is 16.5. The van der Waals surface area contributed by atoms with Gasteiger partial charge in [0.1, 0.15) is 11.9 Å². The number of amides is 4. The summed E-state index contributed by atoms with van der Waals surface area (Å²) in [6.07, 6.45) is 3.11. The van der Waals surface area contributed by atoms with Crippen LogP contribution in [0.1, 0.15) is 6.92 Å². The zero-order valence-corrected chi connectivity index (χ0v) is 15.4. The Bertz CT molecular complexity index is 782. The van der Waals surface area contributed by atoms with Gasteiger partial charge in [-0.2, -0.15) is 0 Å². The molecule has 0 bridgehead atoms. The van der Waals surface area contributed by atoms with Gasteiger partial charge in [0.25, 0.3) is 0 Å². The van der Waals surface area contributed by atoms with E-state index in [-0.39, 0.29) is 18.2 Å². The fourth-order valence-corrected chi connectivity index (χ4v) is 2.71. The van der Waals surface area contributed by atoms with Crippen molar-refractivity contribution >= 4 is 23.4 Å². The summed E-state index contributed by atoms with van der Waals surface area (Å²) < 4.78 is 5.66. The fourth-order valence-electron chi connectivity index (χ4n) is 2.71. The van der Waals surface area contributed by atoms with Crippen molar-refractivity contribution in [2.45, 2.75) is 13.0 Å². The number of urea groups is 2. The van der Waals surface area contributed by atoms with Crippen LogP contribution in [0.3, 0.4) is 0 Å². The van der Waals surface area contributed by atoms with Gasteiger partial charge in [0.15, 0.2) is 0 Å². The van der Waals surface area contributed by atoms with Gasteiger partial charge in [-0.05, 0) is 43.3 Å². The lowest BCUT2D eigenvalue weighted by Crippen LogP contribution is -2.36. The molecule has 142 valence electrons. The average molecular weight is 369 g/mol. The lowest BCUT2D eigenvalue weighted by Gasteiger charge is -2.17. The Morgan fingerprint density at radius 3 is 2.67 bits per heavy atom. The minimum atomic E-state index is -0.318. The van der Waals surface area contributed by atoms with E-state index < -0.39 is 0 Å². The van der Waals surface area contributed by atoms with E-state index in [4.69, 9.17) is 4.74 Å². The number of hydrogen-bond donors (Lipinski definition) is 2. The Morgan fingerprint density at radius 1 is 1.26 bits per heavy atom. The van der Waals surface area contributed by atoms with Gasteiger partial charge in [-0.3, -0.25) is 9.88 Å². The quantitative estimate of drug-likeness (QED) is 0.819. The third kappa shape index (κ3) is 4.87. The normalized spacial score (nSPS) is 14.8. The summed E-state index contributed by atoms with van der Waals surface area (Å²) in [7, 11) is 1.78. The van der Waals surface area contributed by atoms with Gasteiger partial charge in [0, 0.05) is 37.7 Å². The molecule has 1 aliphatic heterocycles. The first-order valence-corrected chi connectivity index (χ1v) is 8.77. The molecule has 0 saturated carbocycles. The van der Waals surface area contributed by atoms with Gasteiger partial charge in [-0.15, -0.1) is 0 Å². The van der Waals surface area contributed by atoms with E-state index in [1.807, 2.05) is 25.1 Å². The van der Waals surface area contributed by atoms with Crippen molar-refractivity contribution in [2.75, 3.05) is 36.9 Å². The molecule has 3 rings (SSSR count). The second-order valence-electron chi connectivity index (χ2n) is 6.35. The molecule has 2 aromatic rings. The number of carbonyl (C=O) groups is 2. The van der Waals surface area contributed by atoms with Crippen LogP contribution in [0.25, 0.3) is 0 Å². The molecule has 0 radical (unpaired) electrons. The van der Waals surface area contributed by atoms with Crippen molar-refractivity contribution in [1.82, 2.24) is 15.2 Å². The maximum Gasteiger partial charge on any atom is 0.324 e. The van der Waals surface area contributed by atoms with Crippen LogP contribution in [-0.4, -0.2) is 54.7 Å². The number of hydrogen-bond acceptors (Lipinski definition) is 4. The summed E-state index contributed by atoms with van der Waals surface area (Å²) >= 11 is 0. The second kappa shape index (κ2) is 8.39. The number of rotatable bonds is 6. The number of ether oxygens (including phenoxy) is 1. The summed E-state index contributed by atoms with van der Waals surface area (Å²) in [4.78, 5) is 31.4. The summed E-state index contributed by atoms with van der Waals surface area (Å²) in [5, 5.41) is 5.53. The molecule has 2 heterocycles. The van der Waals surface area contributed by atoms with E-state index in [1.54, 1.807) is 47.4 Å². The largest absolute Gasteiger partial charge is 0.487 e. The minimum absolute atomic E-state index is 0.0175. The molecule has 8 heteroatoms. The Morgan fingerprint density at radius 2 is 2.04 bits per heavy atom. The average Bonchev–Trinajstić information content (AvgIpc) is 3.00. The van der Waals surface area contributed by atoms with Gasteiger partial charge in [-0.25, -0.2) is 9.59 Å². The van der Waals surface area contributed by atoms with Crippen molar-refractivity contribution in [1.29, 1.82) is 0 Å². The molecule has 8 nitrogen and oxygen atoms in total. The SMILES string of the molecule is C[C@H](CNC(=O)Nc1ccc(N2CCN(C)C2=O)cc1)Oc1cccnc1. The third-order valence-electron chi connectivity index (χ3n) is 4.18. The minimum Gasteiger partial charge on any atom is -0.487 e. The number of benzene rings is 1. The lowest BCUT2D eigenvalue weighted by molar-refractivity contribution is 0.211. The topological polar surface area (TPSA) is 86.8 Å². The van der Waals surface area contributed by atoms with Crippen molar-refractivity contribution < 1.29 is 14.3 Å². The summed E-state index contributed by atoms with van der Waals surface area (Å²) in [6, 6.07) is 10.5. The smallest absolute Gasteiger partial charge is 0.324 e. The fraction of sp³-hybridized carbons (Fsp3) is 0.316. The Hall–Kier alpha value is -3.29. The molecule has 0 spiro atoms. The molecule has 1 atom stereocenters. The highest BCUT2D eigenvalue weighted by Crippen LogP contribution is 2.21. The molecule has 1 saturated heterocycles. The van der Waals surface area contributed by atoms with Crippen molar-refractivity contribution in [2.24, 2.45) is 0 Å². The highest BCUT2D eigenvalue weighted by Gasteiger charge is 2.26. The van der Waals surface area contributed by atoms with Gasteiger partial charge >= 0.3 is 12.1 Å². The van der Waals surface area contributed by atoms with Crippen LogP contribution < -0.4 is 20.3 Å². The van der Waals surface area contributed by atoms with Crippen LogP contribution >= 0.6 is 0 Å². The number of anilines is 2. The first-order valence-electron chi connectivity index (χ1n) is 8.77. The van der Waals surface area contributed by atoms with Crippen LogP contribution in [0, 0.1) is 0 Å². The summed E-state index contributed by atoms with van der Waals surface area (Å²) in [6.45, 7) is 3.59. The Labute approximate surface area is 158 Å². The molecule has 1 aromatic carbocycles. The van der Waals surface area contributed by atoms with E-state index in [0.717, 1.165) is 5.69 Å². The Kier molecular flexibility index (Phi) is 5.75. The number of likely N-dealkylation sites (N-methyl/N-ethyl adjacent to an activating group) is 1. The van der Waals surface area contributed by atoms with Crippen LogP contribution in [0.4, 0.5) is 21.0 Å². The van der Waals surface area contributed by atoms with E-state index in [9.17, 15) is 9.59 Å². The lowest BCUT2D eigenvalue weighted by atomic mass is 10.2. The number of aromatic nitrogens is 1. The zero-order chi connectivity index (χ0) is 19.2. The molecule has 1 aliphatic rings. The summed E-state index contributed by atoms with van der Waals surface area (Å²) in [5.74, 6) is 0.657. The van der Waals surface area contributed by atoms with Gasteiger partial charge in [0.05, 0.1) is 12.7 Å². The molecule has 0 unspecified atom stereocenters. The molecule has 0 aliphatic carbocycles. The maximum atomic E-state index is 12.0. The number of nitrogens with zero attached hydrogens (tertiary/aromatic N) is 3. The molecule has 27 heavy (non-hydrogen) atoms. The first kappa shape index (κ1) is 18.5. The van der Waals surface area contributed by atoms with Crippen LogP contribution in [-0.2, 0) is 0 Å². The van der Waals surface area contributed by atoms with Gasteiger partial charge < -0.3 is 20.3 Å². The molecular weight excluding hydrogens is 346 g/mol. The van der Waals surface area contributed by atoms with Crippen LogP contribution in [0.15, 0.2) is 48.8 Å². The predicted molar refractivity (Wildman–Crippen MR) is 103 cm³/mol. The van der Waals surface area contributed by atoms with E-state index in [1.165, 1.54) is 0 Å². The molecule has 4 amide bonds. The number of nitrogens with one attached hydrogen (secondary N) is 2. The van der Waals surface area contributed by atoms with Crippen LogP contribution in [0.5, 0.6) is 5.75 Å². The first-order chi connectivity index (χ1) is 13.0. The van der Waals surface area contributed by atoms with E-state index in [0.29, 0.717) is 31.1 Å². The predicted octanol–water partition coefficient (Wildman–Crippen LogP) is 2.54. The molecule has 1 fully saturated rings. The number of carbonyl (C=O) groups excluding carboxylic acids is 2.